The van der Waals surface area contributed by atoms with Crippen molar-refractivity contribution >= 4 is 28.9 Å². The van der Waals surface area contributed by atoms with E-state index in [0.717, 1.165) is 23.8 Å². The summed E-state index contributed by atoms with van der Waals surface area (Å²) < 4.78 is 5.71. The number of ether oxygens (including phenoxy) is 1. The van der Waals surface area contributed by atoms with Crippen molar-refractivity contribution < 1.29 is 14.6 Å². The third-order valence-electron chi connectivity index (χ3n) is 3.47. The predicted molar refractivity (Wildman–Crippen MR) is 87.7 cm³/mol. The molecule has 1 fully saturated rings. The lowest BCUT2D eigenvalue weighted by atomic mass is 10.2. The predicted octanol–water partition coefficient (Wildman–Crippen LogP) is 2.47. The van der Waals surface area contributed by atoms with Crippen molar-refractivity contribution in [3.05, 3.63) is 34.7 Å². The van der Waals surface area contributed by atoms with Gasteiger partial charge in [-0.05, 0) is 49.4 Å². The van der Waals surface area contributed by atoms with Crippen LogP contribution < -0.4 is 0 Å². The number of carbonyl (C=O) groups is 1. The van der Waals surface area contributed by atoms with Crippen molar-refractivity contribution in [2.45, 2.75) is 26.1 Å². The number of benzene rings is 1. The molecule has 116 valence electrons. The van der Waals surface area contributed by atoms with E-state index in [4.69, 9.17) is 4.74 Å². The number of morpholine rings is 1. The first-order valence-corrected chi connectivity index (χ1v) is 8.05. The maximum atomic E-state index is 12.1. The second kappa shape index (κ2) is 6.14. The molecule has 1 N–H and O–H groups in total. The van der Waals surface area contributed by atoms with Crippen LogP contribution in [-0.2, 0) is 9.53 Å². The molecule has 0 spiro atoms. The molecule has 0 bridgehead atoms. The van der Waals surface area contributed by atoms with Crippen LogP contribution in [0.5, 0.6) is 5.75 Å². The number of nitrogens with zero attached hydrogens (tertiary/aromatic N) is 2. The Hall–Kier alpha value is -1.79. The monoisotopic (exact) mass is 318 g/mol. The number of hydrogen-bond donors (Lipinski definition) is 1. The molecular formula is C16H18N2O3S. The summed E-state index contributed by atoms with van der Waals surface area (Å²) >= 11 is 1.38. The Kier molecular flexibility index (Phi) is 4.22. The van der Waals surface area contributed by atoms with Crippen molar-refractivity contribution in [3.8, 4) is 5.75 Å². The van der Waals surface area contributed by atoms with Gasteiger partial charge < -0.3 is 14.7 Å². The summed E-state index contributed by atoms with van der Waals surface area (Å²) in [5.41, 5.74) is 0.788. The molecule has 1 amide bonds. The van der Waals surface area contributed by atoms with Crippen LogP contribution in [0, 0.1) is 0 Å². The number of hydrogen-bond acceptors (Lipinski definition) is 5. The molecule has 2 heterocycles. The van der Waals surface area contributed by atoms with Crippen molar-refractivity contribution in [2.75, 3.05) is 13.1 Å². The van der Waals surface area contributed by atoms with E-state index in [0.29, 0.717) is 4.91 Å². The first kappa shape index (κ1) is 15.1. The van der Waals surface area contributed by atoms with Crippen LogP contribution in [0.25, 0.3) is 6.08 Å². The maximum Gasteiger partial charge on any atom is 0.286 e. The number of amidine groups is 1. The highest BCUT2D eigenvalue weighted by atomic mass is 32.2. The lowest BCUT2D eigenvalue weighted by Gasteiger charge is -2.35. The zero-order valence-electron chi connectivity index (χ0n) is 12.5. The third-order valence-corrected chi connectivity index (χ3v) is 4.51. The van der Waals surface area contributed by atoms with Gasteiger partial charge in [0.1, 0.15) is 5.75 Å². The van der Waals surface area contributed by atoms with Gasteiger partial charge in [0.25, 0.3) is 5.91 Å². The highest BCUT2D eigenvalue weighted by Crippen LogP contribution is 2.31. The van der Waals surface area contributed by atoms with E-state index < -0.39 is 0 Å². The molecule has 2 aliphatic rings. The molecular weight excluding hydrogens is 300 g/mol. The second-order valence-electron chi connectivity index (χ2n) is 5.57. The second-order valence-corrected chi connectivity index (χ2v) is 6.58. The first-order valence-electron chi connectivity index (χ1n) is 7.23. The summed E-state index contributed by atoms with van der Waals surface area (Å²) in [6.07, 6.45) is 2.01. The molecule has 3 rings (SSSR count). The molecule has 0 aromatic heterocycles. The van der Waals surface area contributed by atoms with Crippen LogP contribution in [0.3, 0.4) is 0 Å². The number of amides is 1. The number of carbonyl (C=O) groups excluding carboxylic acids is 1. The number of aliphatic imine (C=N–C) groups is 1. The van der Waals surface area contributed by atoms with Crippen molar-refractivity contribution in [2.24, 2.45) is 4.99 Å². The van der Waals surface area contributed by atoms with Crippen molar-refractivity contribution in [3.63, 3.8) is 0 Å². The molecule has 1 aromatic carbocycles. The number of phenolic OH excluding ortho intramolecular Hbond substituents is 1. The molecule has 1 aromatic rings. The average molecular weight is 318 g/mol. The smallest absolute Gasteiger partial charge is 0.286 e. The Balaban J connectivity index is 1.76. The van der Waals surface area contributed by atoms with E-state index in [9.17, 15) is 9.90 Å². The first-order chi connectivity index (χ1) is 10.5. The molecule has 2 aliphatic heterocycles. The molecule has 0 saturated carbocycles. The van der Waals surface area contributed by atoms with Crippen LogP contribution in [0.1, 0.15) is 19.4 Å². The minimum absolute atomic E-state index is 0.126. The normalized spacial score (nSPS) is 27.4. The Morgan fingerprint density at radius 1 is 1.36 bits per heavy atom. The van der Waals surface area contributed by atoms with Crippen LogP contribution in [0.4, 0.5) is 0 Å². The summed E-state index contributed by atoms with van der Waals surface area (Å²) in [7, 11) is 0. The van der Waals surface area contributed by atoms with E-state index in [1.54, 1.807) is 24.3 Å². The number of phenols is 1. The molecule has 0 aliphatic carbocycles. The highest BCUT2D eigenvalue weighted by molar-refractivity contribution is 8.18. The lowest BCUT2D eigenvalue weighted by molar-refractivity contribution is -0.113. The van der Waals surface area contributed by atoms with Gasteiger partial charge in [-0.3, -0.25) is 4.79 Å². The van der Waals surface area contributed by atoms with Gasteiger partial charge in [0.2, 0.25) is 0 Å². The maximum absolute atomic E-state index is 12.1. The summed E-state index contributed by atoms with van der Waals surface area (Å²) in [6.45, 7) is 5.52. The SMILES string of the molecule is C[C@@H]1CN(C2=NC(=O)C(=Cc3cccc(O)c3)S2)C[C@H](C)O1. The summed E-state index contributed by atoms with van der Waals surface area (Å²) in [6, 6.07) is 6.82. The van der Waals surface area contributed by atoms with E-state index in [1.807, 2.05) is 19.9 Å². The number of rotatable bonds is 1. The quantitative estimate of drug-likeness (QED) is 0.806. The van der Waals surface area contributed by atoms with E-state index >= 15 is 0 Å². The van der Waals surface area contributed by atoms with Crippen LogP contribution in [-0.4, -0.2) is 46.4 Å². The van der Waals surface area contributed by atoms with E-state index in [2.05, 4.69) is 9.89 Å². The minimum Gasteiger partial charge on any atom is -0.508 e. The van der Waals surface area contributed by atoms with Gasteiger partial charge in [-0.1, -0.05) is 12.1 Å². The Morgan fingerprint density at radius 2 is 2.09 bits per heavy atom. The molecule has 22 heavy (non-hydrogen) atoms. The Bertz CT molecular complexity index is 647. The van der Waals surface area contributed by atoms with Crippen LogP contribution in [0.2, 0.25) is 0 Å². The summed E-state index contributed by atoms with van der Waals surface area (Å²) in [5, 5.41) is 10.2. The zero-order valence-corrected chi connectivity index (χ0v) is 13.3. The minimum atomic E-state index is -0.227. The fourth-order valence-electron chi connectivity index (χ4n) is 2.63. The number of thioether (sulfide) groups is 1. The van der Waals surface area contributed by atoms with Gasteiger partial charge in [-0.25, -0.2) is 0 Å². The Morgan fingerprint density at radius 3 is 2.77 bits per heavy atom. The van der Waals surface area contributed by atoms with Gasteiger partial charge >= 0.3 is 0 Å². The summed E-state index contributed by atoms with van der Waals surface area (Å²) in [5.74, 6) is -0.0445. The molecule has 0 unspecified atom stereocenters. The topological polar surface area (TPSA) is 62.1 Å². The molecule has 6 heteroatoms. The molecule has 5 nitrogen and oxygen atoms in total. The van der Waals surface area contributed by atoms with Gasteiger partial charge in [-0.2, -0.15) is 4.99 Å². The van der Waals surface area contributed by atoms with Gasteiger partial charge in [-0.15, -0.1) is 0 Å². The van der Waals surface area contributed by atoms with E-state index in [-0.39, 0.29) is 23.9 Å². The van der Waals surface area contributed by atoms with Crippen LogP contribution >= 0.6 is 11.8 Å². The van der Waals surface area contributed by atoms with Crippen LogP contribution in [0.15, 0.2) is 34.2 Å². The molecule has 2 atom stereocenters. The lowest BCUT2D eigenvalue weighted by Crippen LogP contribution is -2.47. The summed E-state index contributed by atoms with van der Waals surface area (Å²) in [4.78, 5) is 18.9. The van der Waals surface area contributed by atoms with Crippen molar-refractivity contribution in [1.29, 1.82) is 0 Å². The standard InChI is InChI=1S/C16H18N2O3S/c1-10-8-18(9-11(2)21-10)16-17-15(20)14(22-16)7-12-4-3-5-13(19)6-12/h3-7,10-11,19H,8-9H2,1-2H3/t10-,11+. The van der Waals surface area contributed by atoms with Crippen molar-refractivity contribution in [1.82, 2.24) is 4.90 Å². The molecule has 0 radical (unpaired) electrons. The Labute approximate surface area is 133 Å². The van der Waals surface area contributed by atoms with E-state index in [1.165, 1.54) is 11.8 Å². The zero-order chi connectivity index (χ0) is 15.7. The fourth-order valence-corrected chi connectivity index (χ4v) is 3.56. The third kappa shape index (κ3) is 3.34. The van der Waals surface area contributed by atoms with Gasteiger partial charge in [0, 0.05) is 13.1 Å². The number of aromatic hydroxyl groups is 1. The van der Waals surface area contributed by atoms with Gasteiger partial charge in [0.15, 0.2) is 5.17 Å². The highest BCUT2D eigenvalue weighted by Gasteiger charge is 2.30. The van der Waals surface area contributed by atoms with Gasteiger partial charge in [0.05, 0.1) is 17.1 Å². The molecule has 1 saturated heterocycles. The average Bonchev–Trinajstić information content (AvgIpc) is 2.79. The fraction of sp³-hybridized carbons (Fsp3) is 0.375. The largest absolute Gasteiger partial charge is 0.508 e.